The number of Topliss-reactive ketones (excluding diaryl/α,β-unsaturated/α-hetero) is 1. The quantitative estimate of drug-likeness (QED) is 0.725. The molecular weight excluding hydrogens is 267 g/mol. The van der Waals surface area contributed by atoms with Gasteiger partial charge in [-0.2, -0.15) is 0 Å². The number of benzene rings is 2. The van der Waals surface area contributed by atoms with Crippen molar-refractivity contribution in [2.45, 2.75) is 26.2 Å². The van der Waals surface area contributed by atoms with E-state index in [0.717, 1.165) is 5.75 Å². The van der Waals surface area contributed by atoms with Crippen LogP contribution in [0.25, 0.3) is 0 Å². The van der Waals surface area contributed by atoms with Gasteiger partial charge in [0.1, 0.15) is 11.6 Å². The zero-order valence-corrected chi connectivity index (χ0v) is 12.3. The SMILES string of the molecule is CC(C)c1cccc(OCCC(=O)c2ccc(F)cc2)c1. The summed E-state index contributed by atoms with van der Waals surface area (Å²) < 4.78 is 18.4. The lowest BCUT2D eigenvalue weighted by Gasteiger charge is -2.09. The molecule has 0 aliphatic heterocycles. The fourth-order valence-corrected chi connectivity index (χ4v) is 2.01. The molecule has 3 heteroatoms. The highest BCUT2D eigenvalue weighted by Crippen LogP contribution is 2.20. The molecule has 2 aromatic rings. The maximum absolute atomic E-state index is 12.8. The smallest absolute Gasteiger partial charge is 0.166 e. The van der Waals surface area contributed by atoms with Gasteiger partial charge in [-0.3, -0.25) is 4.79 Å². The molecular formula is C18H19FO2. The standard InChI is InChI=1S/C18H19FO2/c1-13(2)15-4-3-5-17(12-15)21-11-10-18(20)14-6-8-16(19)9-7-14/h3-9,12-13H,10-11H2,1-2H3. The van der Waals surface area contributed by atoms with E-state index in [-0.39, 0.29) is 18.0 Å². The van der Waals surface area contributed by atoms with Gasteiger partial charge < -0.3 is 4.74 Å². The molecule has 21 heavy (non-hydrogen) atoms. The Labute approximate surface area is 124 Å². The van der Waals surface area contributed by atoms with Gasteiger partial charge in [-0.1, -0.05) is 26.0 Å². The molecule has 2 aromatic carbocycles. The highest BCUT2D eigenvalue weighted by atomic mass is 19.1. The van der Waals surface area contributed by atoms with Crippen LogP contribution in [-0.2, 0) is 0 Å². The number of carbonyl (C=O) groups excluding carboxylic acids is 1. The fraction of sp³-hybridized carbons (Fsp3) is 0.278. The van der Waals surface area contributed by atoms with E-state index in [2.05, 4.69) is 19.9 Å². The second-order valence-electron chi connectivity index (χ2n) is 5.26. The second kappa shape index (κ2) is 7.02. The van der Waals surface area contributed by atoms with Crippen molar-refractivity contribution in [2.24, 2.45) is 0 Å². The molecule has 2 nitrogen and oxygen atoms in total. The van der Waals surface area contributed by atoms with E-state index >= 15 is 0 Å². The van der Waals surface area contributed by atoms with Crippen LogP contribution in [0.3, 0.4) is 0 Å². The minimum atomic E-state index is -0.340. The first kappa shape index (κ1) is 15.2. The highest BCUT2D eigenvalue weighted by molar-refractivity contribution is 5.96. The predicted molar refractivity (Wildman–Crippen MR) is 81.4 cm³/mol. The Kier molecular flexibility index (Phi) is 5.09. The van der Waals surface area contributed by atoms with Gasteiger partial charge in [0.25, 0.3) is 0 Å². The molecule has 0 bridgehead atoms. The number of hydrogen-bond acceptors (Lipinski definition) is 2. The molecule has 0 saturated heterocycles. The molecule has 0 spiro atoms. The van der Waals surface area contributed by atoms with E-state index in [9.17, 15) is 9.18 Å². The maximum atomic E-state index is 12.8. The number of ether oxygens (including phenoxy) is 1. The lowest BCUT2D eigenvalue weighted by molar-refractivity contribution is 0.0962. The Morgan fingerprint density at radius 3 is 2.52 bits per heavy atom. The Balaban J connectivity index is 1.88. The zero-order chi connectivity index (χ0) is 15.2. The minimum Gasteiger partial charge on any atom is -0.493 e. The van der Waals surface area contributed by atoms with Crippen molar-refractivity contribution in [1.29, 1.82) is 0 Å². The van der Waals surface area contributed by atoms with Crippen LogP contribution in [-0.4, -0.2) is 12.4 Å². The van der Waals surface area contributed by atoms with Gasteiger partial charge in [0.15, 0.2) is 5.78 Å². The van der Waals surface area contributed by atoms with Crippen molar-refractivity contribution >= 4 is 5.78 Å². The number of halogens is 1. The molecule has 2 rings (SSSR count). The van der Waals surface area contributed by atoms with Crippen molar-refractivity contribution in [2.75, 3.05) is 6.61 Å². The summed E-state index contributed by atoms with van der Waals surface area (Å²) in [6.45, 7) is 4.56. The van der Waals surface area contributed by atoms with Gasteiger partial charge in [0.2, 0.25) is 0 Å². The number of carbonyl (C=O) groups is 1. The molecule has 110 valence electrons. The van der Waals surface area contributed by atoms with Crippen LogP contribution in [0.1, 0.15) is 42.1 Å². The molecule has 0 radical (unpaired) electrons. The number of rotatable bonds is 6. The summed E-state index contributed by atoms with van der Waals surface area (Å²) in [6, 6.07) is 13.5. The van der Waals surface area contributed by atoms with Crippen molar-refractivity contribution < 1.29 is 13.9 Å². The van der Waals surface area contributed by atoms with E-state index in [1.807, 2.05) is 18.2 Å². The zero-order valence-electron chi connectivity index (χ0n) is 12.3. The molecule has 0 heterocycles. The van der Waals surface area contributed by atoms with E-state index in [1.54, 1.807) is 0 Å². The fourth-order valence-electron chi connectivity index (χ4n) is 2.01. The molecule has 0 aromatic heterocycles. The largest absolute Gasteiger partial charge is 0.493 e. The van der Waals surface area contributed by atoms with Gasteiger partial charge in [0, 0.05) is 12.0 Å². The third-order valence-electron chi connectivity index (χ3n) is 3.29. The van der Waals surface area contributed by atoms with Gasteiger partial charge in [0.05, 0.1) is 6.61 Å². The van der Waals surface area contributed by atoms with Crippen LogP contribution >= 0.6 is 0 Å². The van der Waals surface area contributed by atoms with E-state index in [1.165, 1.54) is 29.8 Å². The molecule has 0 atom stereocenters. The summed E-state index contributed by atoms with van der Waals surface area (Å²) in [6.07, 6.45) is 0.275. The Morgan fingerprint density at radius 1 is 1.14 bits per heavy atom. The second-order valence-corrected chi connectivity index (χ2v) is 5.26. The summed E-state index contributed by atoms with van der Waals surface area (Å²) in [5, 5.41) is 0. The average molecular weight is 286 g/mol. The first-order chi connectivity index (χ1) is 10.1. The van der Waals surface area contributed by atoms with Gasteiger partial charge in [-0.25, -0.2) is 4.39 Å². The van der Waals surface area contributed by atoms with Crippen molar-refractivity contribution in [3.8, 4) is 5.75 Å². The summed E-state index contributed by atoms with van der Waals surface area (Å²) in [5.41, 5.74) is 1.72. The molecule has 0 N–H and O–H groups in total. The summed E-state index contributed by atoms with van der Waals surface area (Å²) in [5.74, 6) is 0.825. The van der Waals surface area contributed by atoms with Gasteiger partial charge in [-0.05, 0) is 47.9 Å². The summed E-state index contributed by atoms with van der Waals surface area (Å²) in [7, 11) is 0. The third-order valence-corrected chi connectivity index (χ3v) is 3.29. The lowest BCUT2D eigenvalue weighted by atomic mass is 10.0. The summed E-state index contributed by atoms with van der Waals surface area (Å²) >= 11 is 0. The van der Waals surface area contributed by atoms with E-state index in [0.29, 0.717) is 18.1 Å². The van der Waals surface area contributed by atoms with Crippen LogP contribution in [0.4, 0.5) is 4.39 Å². The first-order valence-electron chi connectivity index (χ1n) is 7.08. The number of hydrogen-bond donors (Lipinski definition) is 0. The molecule has 0 fully saturated rings. The molecule has 0 amide bonds. The Hall–Kier alpha value is -2.16. The minimum absolute atomic E-state index is 0.0463. The average Bonchev–Trinajstić information content (AvgIpc) is 2.48. The highest BCUT2D eigenvalue weighted by Gasteiger charge is 2.07. The van der Waals surface area contributed by atoms with Crippen molar-refractivity contribution in [1.82, 2.24) is 0 Å². The van der Waals surface area contributed by atoms with Crippen molar-refractivity contribution in [3.05, 3.63) is 65.5 Å². The predicted octanol–water partition coefficient (Wildman–Crippen LogP) is 4.60. The van der Waals surface area contributed by atoms with Crippen LogP contribution in [0.5, 0.6) is 5.75 Å². The molecule has 0 aliphatic carbocycles. The van der Waals surface area contributed by atoms with Crippen LogP contribution in [0.15, 0.2) is 48.5 Å². The maximum Gasteiger partial charge on any atom is 0.166 e. The molecule has 0 saturated carbocycles. The molecule has 0 aliphatic rings. The van der Waals surface area contributed by atoms with Crippen LogP contribution in [0, 0.1) is 5.82 Å². The summed E-state index contributed by atoms with van der Waals surface area (Å²) in [4.78, 5) is 11.9. The van der Waals surface area contributed by atoms with E-state index < -0.39 is 0 Å². The Bertz CT molecular complexity index is 603. The van der Waals surface area contributed by atoms with Crippen molar-refractivity contribution in [3.63, 3.8) is 0 Å². The molecule has 0 unspecified atom stereocenters. The Morgan fingerprint density at radius 2 is 1.86 bits per heavy atom. The first-order valence-corrected chi connectivity index (χ1v) is 7.08. The van der Waals surface area contributed by atoms with Gasteiger partial charge >= 0.3 is 0 Å². The topological polar surface area (TPSA) is 26.3 Å². The van der Waals surface area contributed by atoms with Crippen LogP contribution < -0.4 is 4.74 Å². The van der Waals surface area contributed by atoms with E-state index in [4.69, 9.17) is 4.74 Å². The van der Waals surface area contributed by atoms with Crippen LogP contribution in [0.2, 0.25) is 0 Å². The monoisotopic (exact) mass is 286 g/mol. The number of ketones is 1. The lowest BCUT2D eigenvalue weighted by Crippen LogP contribution is -2.07. The van der Waals surface area contributed by atoms with Gasteiger partial charge in [-0.15, -0.1) is 0 Å². The third kappa shape index (κ3) is 4.42. The normalized spacial score (nSPS) is 10.7.